The Morgan fingerprint density at radius 3 is 3.05 bits per heavy atom. The zero-order valence-corrected chi connectivity index (χ0v) is 12.2. The van der Waals surface area contributed by atoms with Gasteiger partial charge < -0.3 is 5.73 Å². The van der Waals surface area contributed by atoms with Gasteiger partial charge in [-0.2, -0.15) is 0 Å². The lowest BCUT2D eigenvalue weighted by molar-refractivity contribution is 0.309. The summed E-state index contributed by atoms with van der Waals surface area (Å²) in [7, 11) is 0. The zero-order valence-electron chi connectivity index (χ0n) is 12.2. The van der Waals surface area contributed by atoms with E-state index in [1.165, 1.54) is 32.4 Å². The number of para-hydroxylation sites is 1. The number of hydrogen-bond acceptors (Lipinski definition) is 3. The van der Waals surface area contributed by atoms with Crippen LogP contribution in [0.2, 0.25) is 0 Å². The van der Waals surface area contributed by atoms with E-state index in [2.05, 4.69) is 11.8 Å². The quantitative estimate of drug-likeness (QED) is 0.924. The van der Waals surface area contributed by atoms with Gasteiger partial charge in [0.05, 0.1) is 11.2 Å². The molecule has 3 rings (SSSR count). The van der Waals surface area contributed by atoms with Gasteiger partial charge >= 0.3 is 0 Å². The van der Waals surface area contributed by atoms with E-state index in [1.807, 2.05) is 30.3 Å². The number of nitrogens with two attached hydrogens (primary N) is 1. The Labute approximate surface area is 120 Å². The molecule has 20 heavy (non-hydrogen) atoms. The number of hydrogen-bond donors (Lipinski definition) is 1. The molecular formula is C17H23N3. The monoisotopic (exact) mass is 269 g/mol. The average molecular weight is 269 g/mol. The van der Waals surface area contributed by atoms with Crippen LogP contribution in [0.3, 0.4) is 0 Å². The molecule has 2 aromatic rings. The summed E-state index contributed by atoms with van der Waals surface area (Å²) in [6.07, 6.45) is 3.97. The molecule has 2 heterocycles. The molecule has 1 saturated heterocycles. The van der Waals surface area contributed by atoms with E-state index in [0.717, 1.165) is 34.7 Å². The van der Waals surface area contributed by atoms with Gasteiger partial charge in [-0.1, -0.05) is 31.5 Å². The predicted molar refractivity (Wildman–Crippen MR) is 84.4 cm³/mol. The largest absolute Gasteiger partial charge is 0.398 e. The highest BCUT2D eigenvalue weighted by Gasteiger charge is 2.22. The minimum absolute atomic E-state index is 0.843. The molecule has 1 atom stereocenters. The number of anilines is 1. The van der Waals surface area contributed by atoms with Crippen molar-refractivity contribution in [1.82, 2.24) is 9.88 Å². The summed E-state index contributed by atoms with van der Waals surface area (Å²) in [4.78, 5) is 7.26. The van der Waals surface area contributed by atoms with Gasteiger partial charge in [-0.05, 0) is 37.4 Å². The average Bonchev–Trinajstić information content (AvgIpc) is 2.87. The van der Waals surface area contributed by atoms with Gasteiger partial charge in [-0.25, -0.2) is 0 Å². The van der Waals surface area contributed by atoms with E-state index in [1.54, 1.807) is 0 Å². The molecule has 1 aromatic heterocycles. The van der Waals surface area contributed by atoms with Crippen molar-refractivity contribution in [2.24, 2.45) is 5.92 Å². The summed E-state index contributed by atoms with van der Waals surface area (Å²) in [5.41, 5.74) is 9.09. The predicted octanol–water partition coefficient (Wildman–Crippen LogP) is 3.44. The first-order valence-electron chi connectivity index (χ1n) is 7.62. The molecular weight excluding hydrogens is 246 g/mol. The summed E-state index contributed by atoms with van der Waals surface area (Å²) in [5.74, 6) is 0.873. The van der Waals surface area contributed by atoms with Crippen LogP contribution >= 0.6 is 0 Å². The third kappa shape index (κ3) is 2.78. The Morgan fingerprint density at radius 2 is 2.20 bits per heavy atom. The Hall–Kier alpha value is -1.61. The molecule has 1 aromatic carbocycles. The van der Waals surface area contributed by atoms with Gasteiger partial charge in [0, 0.05) is 24.2 Å². The molecule has 1 aliphatic rings. The van der Waals surface area contributed by atoms with Gasteiger partial charge in [-0.15, -0.1) is 0 Å². The van der Waals surface area contributed by atoms with E-state index >= 15 is 0 Å². The molecule has 1 unspecified atom stereocenters. The number of rotatable bonds is 4. The van der Waals surface area contributed by atoms with Crippen LogP contribution in [0.15, 0.2) is 30.3 Å². The fourth-order valence-corrected chi connectivity index (χ4v) is 3.27. The van der Waals surface area contributed by atoms with Crippen LogP contribution in [-0.2, 0) is 6.54 Å². The number of pyridine rings is 1. The van der Waals surface area contributed by atoms with Crippen molar-refractivity contribution in [3.05, 3.63) is 36.0 Å². The van der Waals surface area contributed by atoms with Crippen LogP contribution in [0.1, 0.15) is 31.9 Å². The third-order valence-electron chi connectivity index (χ3n) is 4.25. The summed E-state index contributed by atoms with van der Waals surface area (Å²) in [6, 6.07) is 10.1. The van der Waals surface area contributed by atoms with E-state index in [4.69, 9.17) is 10.7 Å². The molecule has 0 amide bonds. The van der Waals surface area contributed by atoms with Crippen molar-refractivity contribution in [1.29, 1.82) is 0 Å². The maximum Gasteiger partial charge on any atom is 0.0726 e. The number of nitrogens with zero attached hydrogens (tertiary/aromatic N) is 2. The second kappa shape index (κ2) is 5.80. The zero-order chi connectivity index (χ0) is 13.9. The normalized spacial score (nSPS) is 19.8. The van der Waals surface area contributed by atoms with Gasteiger partial charge in [0.25, 0.3) is 0 Å². The van der Waals surface area contributed by atoms with Crippen molar-refractivity contribution >= 4 is 16.6 Å². The molecule has 0 spiro atoms. The molecule has 0 aliphatic carbocycles. The smallest absolute Gasteiger partial charge is 0.0726 e. The van der Waals surface area contributed by atoms with Crippen molar-refractivity contribution in [2.75, 3.05) is 18.8 Å². The molecule has 1 fully saturated rings. The Morgan fingerprint density at radius 1 is 1.35 bits per heavy atom. The number of aromatic nitrogens is 1. The van der Waals surface area contributed by atoms with E-state index in [-0.39, 0.29) is 0 Å². The minimum Gasteiger partial charge on any atom is -0.398 e. The van der Waals surface area contributed by atoms with Gasteiger partial charge in [0.2, 0.25) is 0 Å². The Bertz CT molecular complexity index is 594. The lowest BCUT2D eigenvalue weighted by atomic mass is 10.0. The van der Waals surface area contributed by atoms with Crippen molar-refractivity contribution < 1.29 is 0 Å². The number of fused-ring (bicyclic) bond motifs is 1. The third-order valence-corrected chi connectivity index (χ3v) is 4.25. The van der Waals surface area contributed by atoms with Gasteiger partial charge in [-0.3, -0.25) is 9.88 Å². The highest BCUT2D eigenvalue weighted by atomic mass is 15.1. The van der Waals surface area contributed by atoms with E-state index in [9.17, 15) is 0 Å². The fraction of sp³-hybridized carbons (Fsp3) is 0.471. The van der Waals surface area contributed by atoms with Crippen LogP contribution in [-0.4, -0.2) is 23.0 Å². The highest BCUT2D eigenvalue weighted by Crippen LogP contribution is 2.24. The van der Waals surface area contributed by atoms with Crippen molar-refractivity contribution in [2.45, 2.75) is 32.7 Å². The first kappa shape index (κ1) is 13.4. The Balaban J connectivity index is 1.75. The molecule has 0 radical (unpaired) electrons. The minimum atomic E-state index is 0.843. The lowest BCUT2D eigenvalue weighted by Gasteiger charge is -2.16. The molecule has 1 aliphatic heterocycles. The second-order valence-corrected chi connectivity index (χ2v) is 5.90. The summed E-state index contributed by atoms with van der Waals surface area (Å²) in [5, 5.41) is 1.06. The number of benzene rings is 1. The fourth-order valence-electron chi connectivity index (χ4n) is 3.27. The summed E-state index contributed by atoms with van der Waals surface area (Å²) >= 11 is 0. The standard InChI is InChI=1S/C17H23N3/c1-2-5-13-8-9-20(11-13)12-14-10-16(18)15-6-3-4-7-17(15)19-14/h3-4,6-7,10,13H,2,5,8-9,11-12H2,1H3,(H2,18,19). The lowest BCUT2D eigenvalue weighted by Crippen LogP contribution is -2.21. The molecule has 0 saturated carbocycles. The maximum absolute atomic E-state index is 6.15. The molecule has 3 nitrogen and oxygen atoms in total. The molecule has 3 heteroatoms. The van der Waals surface area contributed by atoms with E-state index in [0.29, 0.717) is 0 Å². The van der Waals surface area contributed by atoms with Gasteiger partial charge in [0.1, 0.15) is 0 Å². The summed E-state index contributed by atoms with van der Waals surface area (Å²) < 4.78 is 0. The van der Waals surface area contributed by atoms with Crippen LogP contribution < -0.4 is 5.73 Å². The maximum atomic E-state index is 6.15. The van der Waals surface area contributed by atoms with Gasteiger partial charge in [0.15, 0.2) is 0 Å². The second-order valence-electron chi connectivity index (χ2n) is 5.90. The highest BCUT2D eigenvalue weighted by molar-refractivity contribution is 5.90. The SMILES string of the molecule is CCCC1CCN(Cc2cc(N)c3ccccc3n2)C1. The number of likely N-dealkylation sites (tertiary alicyclic amines) is 1. The van der Waals surface area contributed by atoms with Crippen LogP contribution in [0, 0.1) is 5.92 Å². The Kier molecular flexibility index (Phi) is 3.88. The number of nitrogen functional groups attached to an aromatic ring is 1. The first-order chi connectivity index (χ1) is 9.76. The van der Waals surface area contributed by atoms with Crippen molar-refractivity contribution in [3.63, 3.8) is 0 Å². The molecule has 2 N–H and O–H groups in total. The first-order valence-corrected chi connectivity index (χ1v) is 7.62. The van der Waals surface area contributed by atoms with E-state index < -0.39 is 0 Å². The van der Waals surface area contributed by atoms with Crippen LogP contribution in [0.4, 0.5) is 5.69 Å². The molecule has 0 bridgehead atoms. The topological polar surface area (TPSA) is 42.1 Å². The molecule has 106 valence electrons. The van der Waals surface area contributed by atoms with Crippen LogP contribution in [0.5, 0.6) is 0 Å². The summed E-state index contributed by atoms with van der Waals surface area (Å²) in [6.45, 7) is 5.60. The van der Waals surface area contributed by atoms with Crippen molar-refractivity contribution in [3.8, 4) is 0 Å². The van der Waals surface area contributed by atoms with Crippen LogP contribution in [0.25, 0.3) is 10.9 Å².